The summed E-state index contributed by atoms with van der Waals surface area (Å²) in [5, 5.41) is 9.55. The van der Waals surface area contributed by atoms with Gasteiger partial charge in [-0.15, -0.1) is 0 Å². The third-order valence-corrected chi connectivity index (χ3v) is 3.15. The number of aromatic nitrogens is 2. The van der Waals surface area contributed by atoms with Crippen LogP contribution in [0.2, 0.25) is 0 Å². The number of nitrogens with zero attached hydrogens (tertiary/aromatic N) is 2. The van der Waals surface area contributed by atoms with E-state index in [1.54, 1.807) is 30.5 Å². The molecule has 0 saturated carbocycles. The van der Waals surface area contributed by atoms with E-state index in [2.05, 4.69) is 9.97 Å². The van der Waals surface area contributed by atoms with Gasteiger partial charge < -0.3 is 9.72 Å². The van der Waals surface area contributed by atoms with Crippen molar-refractivity contribution >= 4 is 17.7 Å². The minimum Gasteiger partial charge on any atom is -0.427 e. The topological polar surface area (TPSA) is 95.8 Å². The summed E-state index contributed by atoms with van der Waals surface area (Å²) in [6.07, 6.45) is 1.77. The van der Waals surface area contributed by atoms with Crippen LogP contribution in [0.4, 0.5) is 0 Å². The van der Waals surface area contributed by atoms with Crippen LogP contribution in [0.3, 0.4) is 0 Å². The van der Waals surface area contributed by atoms with E-state index < -0.39 is 11.5 Å². The van der Waals surface area contributed by atoms with Gasteiger partial charge in [0, 0.05) is 12.5 Å². The highest BCUT2D eigenvalue weighted by molar-refractivity contribution is 7.98. The predicted octanol–water partition coefficient (Wildman–Crippen LogP) is 1.96. The van der Waals surface area contributed by atoms with Crippen molar-refractivity contribution in [2.45, 2.75) is 12.1 Å². The molecule has 2 aromatic rings. The second-order valence-electron chi connectivity index (χ2n) is 4.03. The number of nitrogens with one attached hydrogen (secondary N) is 1. The van der Waals surface area contributed by atoms with Crippen LogP contribution >= 0.6 is 11.8 Å². The fourth-order valence-electron chi connectivity index (χ4n) is 1.73. The molecule has 0 saturated heterocycles. The van der Waals surface area contributed by atoms with Crippen LogP contribution in [0.15, 0.2) is 34.2 Å². The zero-order valence-electron chi connectivity index (χ0n) is 11.3. The van der Waals surface area contributed by atoms with E-state index in [4.69, 9.17) is 10.00 Å². The van der Waals surface area contributed by atoms with E-state index in [-0.39, 0.29) is 11.3 Å². The molecule has 0 spiro atoms. The summed E-state index contributed by atoms with van der Waals surface area (Å²) in [6.45, 7) is 1.30. The summed E-state index contributed by atoms with van der Waals surface area (Å²) in [5.74, 6) is -0.118. The van der Waals surface area contributed by atoms with Crippen LogP contribution in [-0.4, -0.2) is 22.2 Å². The molecule has 0 atom stereocenters. The average Bonchev–Trinajstić information content (AvgIpc) is 2.46. The molecule has 0 aliphatic carbocycles. The third kappa shape index (κ3) is 3.30. The lowest BCUT2D eigenvalue weighted by atomic mass is 10.1. The van der Waals surface area contributed by atoms with Crippen LogP contribution in [0, 0.1) is 11.3 Å². The van der Waals surface area contributed by atoms with Crippen LogP contribution < -0.4 is 10.3 Å². The van der Waals surface area contributed by atoms with Crippen LogP contribution in [0.1, 0.15) is 12.5 Å². The van der Waals surface area contributed by atoms with Crippen molar-refractivity contribution in [2.75, 3.05) is 6.26 Å². The first-order chi connectivity index (χ1) is 10.0. The Morgan fingerprint density at radius 3 is 2.86 bits per heavy atom. The number of H-pyrrole nitrogens is 1. The molecule has 1 aromatic carbocycles. The molecule has 0 aliphatic rings. The van der Waals surface area contributed by atoms with Gasteiger partial charge in [-0.05, 0) is 18.4 Å². The van der Waals surface area contributed by atoms with Crippen molar-refractivity contribution in [3.8, 4) is 23.1 Å². The molecule has 21 heavy (non-hydrogen) atoms. The zero-order chi connectivity index (χ0) is 15.4. The lowest BCUT2D eigenvalue weighted by Gasteiger charge is -2.07. The lowest BCUT2D eigenvalue weighted by molar-refractivity contribution is -0.131. The minimum absolute atomic E-state index is 0.0761. The molecule has 2 rings (SSSR count). The van der Waals surface area contributed by atoms with E-state index >= 15 is 0 Å². The molecule has 106 valence electrons. The van der Waals surface area contributed by atoms with Gasteiger partial charge in [0.15, 0.2) is 5.16 Å². The van der Waals surface area contributed by atoms with E-state index in [1.807, 2.05) is 6.07 Å². The standard InChI is InChI=1S/C14H11N3O3S/c1-8(18)20-10-5-3-4-9(6-10)12-11(7-15)13(19)17-14(16-12)21-2/h3-6H,1-2H3,(H,16,17,19). The van der Waals surface area contributed by atoms with Gasteiger partial charge in [-0.2, -0.15) is 5.26 Å². The lowest BCUT2D eigenvalue weighted by Crippen LogP contribution is -2.14. The molecule has 0 aliphatic heterocycles. The summed E-state index contributed by atoms with van der Waals surface area (Å²) in [5.41, 5.74) is 0.226. The molecule has 0 fully saturated rings. The Bertz CT molecular complexity index is 793. The number of thioether (sulfide) groups is 1. The SMILES string of the molecule is CSc1nc(-c2cccc(OC(C)=O)c2)c(C#N)c(=O)[nH]1. The quantitative estimate of drug-likeness (QED) is 0.403. The minimum atomic E-state index is -0.496. The Kier molecular flexibility index (Phi) is 4.40. The summed E-state index contributed by atoms with van der Waals surface area (Å²) in [7, 11) is 0. The molecule has 1 aromatic heterocycles. The number of nitriles is 1. The van der Waals surface area contributed by atoms with Gasteiger partial charge >= 0.3 is 5.97 Å². The number of hydrogen-bond acceptors (Lipinski definition) is 6. The molecule has 6 nitrogen and oxygen atoms in total. The third-order valence-electron chi connectivity index (χ3n) is 2.57. The van der Waals surface area contributed by atoms with Crippen molar-refractivity contribution in [3.63, 3.8) is 0 Å². The highest BCUT2D eigenvalue weighted by Crippen LogP contribution is 2.25. The van der Waals surface area contributed by atoms with Crippen molar-refractivity contribution in [1.29, 1.82) is 5.26 Å². The second-order valence-corrected chi connectivity index (χ2v) is 4.83. The fourth-order valence-corrected chi connectivity index (χ4v) is 2.11. The maximum absolute atomic E-state index is 11.9. The normalized spacial score (nSPS) is 9.95. The van der Waals surface area contributed by atoms with Gasteiger partial charge in [0.1, 0.15) is 17.4 Å². The van der Waals surface area contributed by atoms with Gasteiger partial charge in [0.2, 0.25) is 0 Å². The number of carbonyl (C=O) groups is 1. The summed E-state index contributed by atoms with van der Waals surface area (Å²) < 4.78 is 5.00. The molecular weight excluding hydrogens is 290 g/mol. The second kappa shape index (κ2) is 6.24. The number of carbonyl (C=O) groups excluding carboxylic acids is 1. The number of hydrogen-bond donors (Lipinski definition) is 1. The molecule has 0 amide bonds. The predicted molar refractivity (Wildman–Crippen MR) is 78.1 cm³/mol. The highest BCUT2D eigenvalue weighted by Gasteiger charge is 2.14. The Labute approximate surface area is 124 Å². The largest absolute Gasteiger partial charge is 0.427 e. The van der Waals surface area contributed by atoms with Crippen LogP contribution in [0.25, 0.3) is 11.3 Å². The number of aromatic amines is 1. The van der Waals surface area contributed by atoms with E-state index in [0.29, 0.717) is 16.5 Å². The van der Waals surface area contributed by atoms with E-state index in [1.165, 1.54) is 18.7 Å². The average molecular weight is 301 g/mol. The van der Waals surface area contributed by atoms with Crippen LogP contribution in [-0.2, 0) is 4.79 Å². The number of benzene rings is 1. The van der Waals surface area contributed by atoms with E-state index in [9.17, 15) is 9.59 Å². The molecular formula is C14H11N3O3S. The van der Waals surface area contributed by atoms with E-state index in [0.717, 1.165) is 0 Å². The van der Waals surface area contributed by atoms with Crippen molar-refractivity contribution in [3.05, 3.63) is 40.2 Å². The highest BCUT2D eigenvalue weighted by atomic mass is 32.2. The van der Waals surface area contributed by atoms with Crippen molar-refractivity contribution in [2.24, 2.45) is 0 Å². The molecule has 0 radical (unpaired) electrons. The van der Waals surface area contributed by atoms with Gasteiger partial charge in [-0.1, -0.05) is 23.9 Å². The summed E-state index contributed by atoms with van der Waals surface area (Å²) in [4.78, 5) is 29.6. The maximum Gasteiger partial charge on any atom is 0.308 e. The Balaban J connectivity index is 2.61. The number of rotatable bonds is 3. The smallest absolute Gasteiger partial charge is 0.308 e. The summed E-state index contributed by atoms with van der Waals surface area (Å²) >= 11 is 1.26. The van der Waals surface area contributed by atoms with Crippen LogP contribution in [0.5, 0.6) is 5.75 Å². The van der Waals surface area contributed by atoms with Gasteiger partial charge in [0.25, 0.3) is 5.56 Å². The number of ether oxygens (including phenoxy) is 1. The Hall–Kier alpha value is -2.59. The molecule has 0 bridgehead atoms. The van der Waals surface area contributed by atoms with Gasteiger partial charge in [-0.25, -0.2) is 4.98 Å². The van der Waals surface area contributed by atoms with Crippen molar-refractivity contribution < 1.29 is 9.53 Å². The molecule has 1 N–H and O–H groups in total. The first-order valence-corrected chi connectivity index (χ1v) is 7.15. The Morgan fingerprint density at radius 1 is 1.48 bits per heavy atom. The van der Waals surface area contributed by atoms with Gasteiger partial charge in [-0.3, -0.25) is 9.59 Å². The summed E-state index contributed by atoms with van der Waals surface area (Å²) in [6, 6.07) is 8.38. The first kappa shape index (κ1) is 14.8. The molecule has 1 heterocycles. The Morgan fingerprint density at radius 2 is 2.24 bits per heavy atom. The first-order valence-electron chi connectivity index (χ1n) is 5.92. The molecule has 7 heteroatoms. The maximum atomic E-state index is 11.9. The number of esters is 1. The monoisotopic (exact) mass is 301 g/mol. The van der Waals surface area contributed by atoms with Crippen molar-refractivity contribution in [1.82, 2.24) is 9.97 Å². The zero-order valence-corrected chi connectivity index (χ0v) is 12.2. The van der Waals surface area contributed by atoms with Gasteiger partial charge in [0.05, 0.1) is 5.69 Å². The fraction of sp³-hybridized carbons (Fsp3) is 0.143. The molecule has 0 unspecified atom stereocenters.